The second-order valence-electron chi connectivity index (χ2n) is 4.40. The minimum Gasteiger partial charge on any atom is -0.496 e. The van der Waals surface area contributed by atoms with Gasteiger partial charge in [-0.1, -0.05) is 32.0 Å². The van der Waals surface area contributed by atoms with Gasteiger partial charge < -0.3 is 9.64 Å². The highest BCUT2D eigenvalue weighted by atomic mass is 16.5. The lowest BCUT2D eigenvalue weighted by molar-refractivity contribution is -0.126. The number of carbonyl (C=O) groups excluding carboxylic acids is 1. The first kappa shape index (κ1) is 15.3. The molecule has 104 valence electrons. The standard InChI is InChI=1S/C16H23NO2/c1-4-12-17(13-5-2)16(18)11-10-14-8-6-7-9-15(14)19-3/h6-11H,4-5,12-13H2,1-3H3. The number of hydrogen-bond donors (Lipinski definition) is 0. The minimum atomic E-state index is 0.0645. The van der Waals surface area contributed by atoms with Crippen molar-refractivity contribution in [3.63, 3.8) is 0 Å². The fourth-order valence-corrected chi connectivity index (χ4v) is 1.94. The Hall–Kier alpha value is -1.77. The lowest BCUT2D eigenvalue weighted by Gasteiger charge is -2.19. The largest absolute Gasteiger partial charge is 0.496 e. The van der Waals surface area contributed by atoms with Crippen molar-refractivity contribution in [1.29, 1.82) is 0 Å². The summed E-state index contributed by atoms with van der Waals surface area (Å²) >= 11 is 0. The number of methoxy groups -OCH3 is 1. The summed E-state index contributed by atoms with van der Waals surface area (Å²) in [6.45, 7) is 5.78. The van der Waals surface area contributed by atoms with Crippen molar-refractivity contribution in [1.82, 2.24) is 4.90 Å². The van der Waals surface area contributed by atoms with Crippen LogP contribution in [-0.2, 0) is 4.79 Å². The van der Waals surface area contributed by atoms with Crippen LogP contribution in [0.4, 0.5) is 0 Å². The van der Waals surface area contributed by atoms with Gasteiger partial charge >= 0.3 is 0 Å². The number of amides is 1. The summed E-state index contributed by atoms with van der Waals surface area (Å²) in [4.78, 5) is 14.0. The van der Waals surface area contributed by atoms with Gasteiger partial charge in [0.05, 0.1) is 7.11 Å². The molecule has 0 aliphatic heterocycles. The van der Waals surface area contributed by atoms with Crippen molar-refractivity contribution in [2.24, 2.45) is 0 Å². The number of ether oxygens (including phenoxy) is 1. The Bertz CT molecular complexity index is 421. The Morgan fingerprint density at radius 2 is 1.84 bits per heavy atom. The minimum absolute atomic E-state index is 0.0645. The average Bonchev–Trinajstić information content (AvgIpc) is 2.44. The maximum absolute atomic E-state index is 12.1. The van der Waals surface area contributed by atoms with Crippen LogP contribution in [0.2, 0.25) is 0 Å². The lowest BCUT2D eigenvalue weighted by Crippen LogP contribution is -2.30. The highest BCUT2D eigenvalue weighted by Crippen LogP contribution is 2.18. The monoisotopic (exact) mass is 261 g/mol. The van der Waals surface area contributed by atoms with Crippen molar-refractivity contribution < 1.29 is 9.53 Å². The SMILES string of the molecule is CCCN(CCC)C(=O)C=Cc1ccccc1OC. The molecule has 0 N–H and O–H groups in total. The first-order valence-corrected chi connectivity index (χ1v) is 6.82. The highest BCUT2D eigenvalue weighted by molar-refractivity contribution is 5.92. The van der Waals surface area contributed by atoms with Gasteiger partial charge in [-0.2, -0.15) is 0 Å². The molecular formula is C16H23NO2. The molecule has 0 saturated heterocycles. The topological polar surface area (TPSA) is 29.5 Å². The molecule has 0 fully saturated rings. The van der Waals surface area contributed by atoms with Crippen molar-refractivity contribution in [3.8, 4) is 5.75 Å². The summed E-state index contributed by atoms with van der Waals surface area (Å²) in [5.41, 5.74) is 0.922. The van der Waals surface area contributed by atoms with Crippen LogP contribution in [0.15, 0.2) is 30.3 Å². The third-order valence-corrected chi connectivity index (χ3v) is 2.84. The summed E-state index contributed by atoms with van der Waals surface area (Å²) in [6.07, 6.45) is 5.41. The van der Waals surface area contributed by atoms with Crippen LogP contribution in [0.1, 0.15) is 32.3 Å². The fourth-order valence-electron chi connectivity index (χ4n) is 1.94. The van der Waals surface area contributed by atoms with E-state index in [1.54, 1.807) is 13.2 Å². The molecule has 19 heavy (non-hydrogen) atoms. The van der Waals surface area contributed by atoms with Crippen molar-refractivity contribution in [2.75, 3.05) is 20.2 Å². The number of rotatable bonds is 7. The maximum atomic E-state index is 12.1. The molecule has 0 aliphatic rings. The van der Waals surface area contributed by atoms with E-state index in [1.165, 1.54) is 0 Å². The Kier molecular flexibility index (Phi) is 6.72. The molecule has 1 rings (SSSR count). The smallest absolute Gasteiger partial charge is 0.246 e. The van der Waals surface area contributed by atoms with E-state index in [-0.39, 0.29) is 5.91 Å². The molecular weight excluding hydrogens is 238 g/mol. The number of hydrogen-bond acceptors (Lipinski definition) is 2. The van der Waals surface area contributed by atoms with Gasteiger partial charge in [-0.25, -0.2) is 0 Å². The molecule has 3 nitrogen and oxygen atoms in total. The second kappa shape index (κ2) is 8.35. The first-order valence-electron chi connectivity index (χ1n) is 6.82. The predicted molar refractivity (Wildman–Crippen MR) is 79.2 cm³/mol. The van der Waals surface area contributed by atoms with Gasteiger partial charge in [0.25, 0.3) is 0 Å². The number of carbonyl (C=O) groups is 1. The molecule has 0 spiro atoms. The average molecular weight is 261 g/mol. The van der Waals surface area contributed by atoms with Gasteiger partial charge in [0.2, 0.25) is 5.91 Å². The van der Waals surface area contributed by atoms with Crippen LogP contribution in [0.3, 0.4) is 0 Å². The van der Waals surface area contributed by atoms with Gasteiger partial charge in [-0.05, 0) is 25.0 Å². The van der Waals surface area contributed by atoms with Gasteiger partial charge in [0.1, 0.15) is 5.75 Å². The molecule has 1 amide bonds. The summed E-state index contributed by atoms with van der Waals surface area (Å²) in [5, 5.41) is 0. The van der Waals surface area contributed by atoms with Crippen molar-refractivity contribution in [2.45, 2.75) is 26.7 Å². The van der Waals surface area contributed by atoms with E-state index in [4.69, 9.17) is 4.74 Å². The van der Waals surface area contributed by atoms with Gasteiger partial charge in [-0.15, -0.1) is 0 Å². The quantitative estimate of drug-likeness (QED) is 0.704. The van der Waals surface area contributed by atoms with Crippen molar-refractivity contribution >= 4 is 12.0 Å². The van der Waals surface area contributed by atoms with Gasteiger partial charge in [0, 0.05) is 24.7 Å². The van der Waals surface area contributed by atoms with Crippen LogP contribution >= 0.6 is 0 Å². The molecule has 0 aromatic heterocycles. The Labute approximate surface area is 115 Å². The zero-order valence-electron chi connectivity index (χ0n) is 12.1. The molecule has 1 aromatic carbocycles. The van der Waals surface area contributed by atoms with E-state index >= 15 is 0 Å². The Morgan fingerprint density at radius 3 is 2.42 bits per heavy atom. The van der Waals surface area contributed by atoms with E-state index in [1.807, 2.05) is 35.2 Å². The molecule has 0 atom stereocenters. The molecule has 0 aliphatic carbocycles. The predicted octanol–water partition coefficient (Wildman–Crippen LogP) is 3.36. The number of para-hydroxylation sites is 1. The van der Waals surface area contributed by atoms with Crippen LogP contribution in [0.25, 0.3) is 6.08 Å². The van der Waals surface area contributed by atoms with Gasteiger partial charge in [0.15, 0.2) is 0 Å². The highest BCUT2D eigenvalue weighted by Gasteiger charge is 2.08. The van der Waals surface area contributed by atoms with Crippen LogP contribution in [-0.4, -0.2) is 31.0 Å². The van der Waals surface area contributed by atoms with Crippen molar-refractivity contribution in [3.05, 3.63) is 35.9 Å². The van der Waals surface area contributed by atoms with E-state index < -0.39 is 0 Å². The molecule has 1 aromatic rings. The number of benzene rings is 1. The molecule has 0 heterocycles. The normalized spacial score (nSPS) is 10.7. The summed E-state index contributed by atoms with van der Waals surface area (Å²) in [7, 11) is 1.63. The lowest BCUT2D eigenvalue weighted by atomic mass is 10.2. The van der Waals surface area contributed by atoms with Gasteiger partial charge in [-0.3, -0.25) is 4.79 Å². The molecule has 0 bridgehead atoms. The van der Waals surface area contributed by atoms with Crippen LogP contribution in [0, 0.1) is 0 Å². The van der Waals surface area contributed by atoms with Crippen LogP contribution in [0.5, 0.6) is 5.75 Å². The summed E-state index contributed by atoms with van der Waals surface area (Å²) < 4.78 is 5.26. The Morgan fingerprint density at radius 1 is 1.21 bits per heavy atom. The van der Waals surface area contributed by atoms with E-state index in [0.717, 1.165) is 37.2 Å². The van der Waals surface area contributed by atoms with Crippen LogP contribution < -0.4 is 4.74 Å². The summed E-state index contributed by atoms with van der Waals surface area (Å²) in [6, 6.07) is 7.67. The third-order valence-electron chi connectivity index (χ3n) is 2.84. The summed E-state index contributed by atoms with van der Waals surface area (Å²) in [5.74, 6) is 0.846. The van der Waals surface area contributed by atoms with E-state index in [9.17, 15) is 4.79 Å². The molecule has 3 heteroatoms. The van der Waals surface area contributed by atoms with E-state index in [0.29, 0.717) is 0 Å². The molecule has 0 radical (unpaired) electrons. The Balaban J connectivity index is 2.76. The molecule has 0 unspecified atom stereocenters. The second-order valence-corrected chi connectivity index (χ2v) is 4.40. The third kappa shape index (κ3) is 4.78. The van der Waals surface area contributed by atoms with E-state index in [2.05, 4.69) is 13.8 Å². The zero-order chi connectivity index (χ0) is 14.1. The fraction of sp³-hybridized carbons (Fsp3) is 0.438. The molecule has 0 saturated carbocycles. The maximum Gasteiger partial charge on any atom is 0.246 e. The zero-order valence-corrected chi connectivity index (χ0v) is 12.1. The first-order chi connectivity index (χ1) is 9.22. The number of nitrogens with zero attached hydrogens (tertiary/aromatic N) is 1.